The molecule has 1 fully saturated rings. The normalized spacial score (nSPS) is 23.2. The summed E-state index contributed by atoms with van der Waals surface area (Å²) < 4.78 is 5.15. The summed E-state index contributed by atoms with van der Waals surface area (Å²) >= 11 is 0. The highest BCUT2D eigenvalue weighted by Gasteiger charge is 2.34. The molecule has 0 radical (unpaired) electrons. The van der Waals surface area contributed by atoms with E-state index in [2.05, 4.69) is 17.4 Å². The van der Waals surface area contributed by atoms with Gasteiger partial charge in [0.25, 0.3) is 0 Å². The Hall–Kier alpha value is -1.55. The lowest BCUT2D eigenvalue weighted by Gasteiger charge is -2.38. The summed E-state index contributed by atoms with van der Waals surface area (Å²) in [5, 5.41) is 12.4. The maximum atomic E-state index is 11.2. The van der Waals surface area contributed by atoms with Crippen LogP contribution in [0.3, 0.4) is 0 Å². The lowest BCUT2D eigenvalue weighted by Crippen LogP contribution is -2.50. The molecule has 0 saturated heterocycles. The third kappa shape index (κ3) is 3.31. The predicted molar refractivity (Wildman–Crippen MR) is 78.2 cm³/mol. The van der Waals surface area contributed by atoms with Crippen LogP contribution in [0.5, 0.6) is 5.75 Å². The monoisotopic (exact) mass is 277 g/mol. The summed E-state index contributed by atoms with van der Waals surface area (Å²) in [7, 11) is 1.66. The molecule has 0 aromatic heterocycles. The minimum atomic E-state index is -0.757. The number of hydrogen-bond donors (Lipinski definition) is 2. The molecule has 2 rings (SSSR count). The highest BCUT2D eigenvalue weighted by Crippen LogP contribution is 2.37. The predicted octanol–water partition coefficient (Wildman–Crippen LogP) is 2.64. The van der Waals surface area contributed by atoms with Gasteiger partial charge >= 0.3 is 5.97 Å². The zero-order chi connectivity index (χ0) is 14.7. The summed E-state index contributed by atoms with van der Waals surface area (Å²) in [5.41, 5.74) is 1.31. The fraction of sp³-hybridized carbons (Fsp3) is 0.562. The Labute approximate surface area is 120 Å². The van der Waals surface area contributed by atoms with Crippen LogP contribution in [0.15, 0.2) is 24.3 Å². The van der Waals surface area contributed by atoms with E-state index >= 15 is 0 Å². The molecule has 1 aromatic rings. The van der Waals surface area contributed by atoms with Gasteiger partial charge in [-0.2, -0.15) is 0 Å². The molecule has 0 heterocycles. The van der Waals surface area contributed by atoms with Gasteiger partial charge in [0.1, 0.15) is 11.8 Å². The van der Waals surface area contributed by atoms with Crippen LogP contribution in [0, 0.1) is 5.92 Å². The van der Waals surface area contributed by atoms with E-state index in [4.69, 9.17) is 4.74 Å². The number of methoxy groups -OCH3 is 1. The number of ether oxygens (including phenoxy) is 1. The third-order valence-electron chi connectivity index (χ3n) is 4.07. The fourth-order valence-corrected chi connectivity index (χ4v) is 2.71. The van der Waals surface area contributed by atoms with Gasteiger partial charge in [-0.15, -0.1) is 0 Å². The maximum absolute atomic E-state index is 11.2. The number of carbonyl (C=O) groups is 1. The molecule has 0 aliphatic heterocycles. The van der Waals surface area contributed by atoms with Crippen molar-refractivity contribution in [3.05, 3.63) is 29.8 Å². The molecule has 0 amide bonds. The van der Waals surface area contributed by atoms with E-state index in [1.807, 2.05) is 26.0 Å². The molecule has 4 heteroatoms. The molecule has 0 bridgehead atoms. The first-order valence-corrected chi connectivity index (χ1v) is 7.14. The first-order chi connectivity index (χ1) is 9.51. The van der Waals surface area contributed by atoms with Gasteiger partial charge in [-0.05, 0) is 42.4 Å². The van der Waals surface area contributed by atoms with Crippen LogP contribution in [0.25, 0.3) is 0 Å². The Morgan fingerprint density at radius 3 is 2.35 bits per heavy atom. The second kappa shape index (κ2) is 6.27. The van der Waals surface area contributed by atoms with E-state index in [-0.39, 0.29) is 5.92 Å². The van der Waals surface area contributed by atoms with E-state index in [0.29, 0.717) is 12.0 Å². The van der Waals surface area contributed by atoms with Crippen LogP contribution >= 0.6 is 0 Å². The van der Waals surface area contributed by atoms with Crippen LogP contribution < -0.4 is 10.1 Å². The van der Waals surface area contributed by atoms with Gasteiger partial charge in [0, 0.05) is 6.04 Å². The molecule has 1 saturated carbocycles. The molecule has 1 aliphatic carbocycles. The molecule has 1 unspecified atom stereocenters. The van der Waals surface area contributed by atoms with Crippen LogP contribution in [0.1, 0.15) is 38.2 Å². The van der Waals surface area contributed by atoms with Crippen molar-refractivity contribution < 1.29 is 14.6 Å². The highest BCUT2D eigenvalue weighted by atomic mass is 16.5. The van der Waals surface area contributed by atoms with Gasteiger partial charge in [0.15, 0.2) is 0 Å². The summed E-state index contributed by atoms with van der Waals surface area (Å²) in [6.45, 7) is 3.87. The highest BCUT2D eigenvalue weighted by molar-refractivity contribution is 5.73. The van der Waals surface area contributed by atoms with Gasteiger partial charge < -0.3 is 15.2 Å². The van der Waals surface area contributed by atoms with Gasteiger partial charge in [-0.1, -0.05) is 26.0 Å². The van der Waals surface area contributed by atoms with Crippen LogP contribution in [-0.4, -0.2) is 30.3 Å². The fourth-order valence-electron chi connectivity index (χ4n) is 2.71. The standard InChI is InChI=1S/C16H23NO3/c1-10(2)15(16(18)19)17-13-8-12(9-13)11-4-6-14(20-3)7-5-11/h4-7,10,12-13,15,17H,8-9H2,1-3H3,(H,18,19). The number of hydrogen-bond acceptors (Lipinski definition) is 3. The SMILES string of the molecule is COc1ccc(C2CC(NC(C(=O)O)C(C)C)C2)cc1. The van der Waals surface area contributed by atoms with E-state index in [0.717, 1.165) is 18.6 Å². The maximum Gasteiger partial charge on any atom is 0.320 e. The number of nitrogens with one attached hydrogen (secondary N) is 1. The van der Waals surface area contributed by atoms with Crippen molar-refractivity contribution in [3.63, 3.8) is 0 Å². The van der Waals surface area contributed by atoms with Gasteiger partial charge in [0.2, 0.25) is 0 Å². The van der Waals surface area contributed by atoms with Crippen molar-refractivity contribution in [3.8, 4) is 5.75 Å². The van der Waals surface area contributed by atoms with Crippen molar-refractivity contribution >= 4 is 5.97 Å². The lowest BCUT2D eigenvalue weighted by atomic mass is 9.75. The average molecular weight is 277 g/mol. The molecule has 0 spiro atoms. The molecule has 1 aliphatic rings. The molecular weight excluding hydrogens is 254 g/mol. The summed E-state index contributed by atoms with van der Waals surface area (Å²) in [6, 6.07) is 8.00. The van der Waals surface area contributed by atoms with E-state index in [9.17, 15) is 9.90 Å². The van der Waals surface area contributed by atoms with Gasteiger partial charge in [0.05, 0.1) is 7.11 Å². The summed E-state index contributed by atoms with van der Waals surface area (Å²) in [4.78, 5) is 11.2. The zero-order valence-electron chi connectivity index (χ0n) is 12.3. The van der Waals surface area contributed by atoms with Crippen molar-refractivity contribution in [1.82, 2.24) is 5.32 Å². The Morgan fingerprint density at radius 1 is 1.30 bits per heavy atom. The molecule has 110 valence electrons. The van der Waals surface area contributed by atoms with E-state index in [1.165, 1.54) is 5.56 Å². The molecule has 20 heavy (non-hydrogen) atoms. The van der Waals surface area contributed by atoms with Crippen molar-refractivity contribution in [1.29, 1.82) is 0 Å². The van der Waals surface area contributed by atoms with Crippen molar-refractivity contribution in [2.24, 2.45) is 5.92 Å². The average Bonchev–Trinajstić information content (AvgIpc) is 2.36. The molecule has 4 nitrogen and oxygen atoms in total. The Kier molecular flexibility index (Phi) is 4.65. The zero-order valence-corrected chi connectivity index (χ0v) is 12.3. The largest absolute Gasteiger partial charge is 0.497 e. The lowest BCUT2D eigenvalue weighted by molar-refractivity contribution is -0.141. The minimum absolute atomic E-state index is 0.104. The quantitative estimate of drug-likeness (QED) is 0.839. The van der Waals surface area contributed by atoms with Crippen molar-refractivity contribution in [2.75, 3.05) is 7.11 Å². The first-order valence-electron chi connectivity index (χ1n) is 7.14. The molecule has 2 N–H and O–H groups in total. The Balaban J connectivity index is 1.86. The van der Waals surface area contributed by atoms with Crippen LogP contribution in [0.4, 0.5) is 0 Å². The van der Waals surface area contributed by atoms with Gasteiger partial charge in [-0.3, -0.25) is 4.79 Å². The molecular formula is C16H23NO3. The number of rotatable bonds is 6. The van der Waals surface area contributed by atoms with Crippen LogP contribution in [0.2, 0.25) is 0 Å². The summed E-state index contributed by atoms with van der Waals surface area (Å²) in [6.07, 6.45) is 2.01. The number of benzene rings is 1. The Bertz CT molecular complexity index is 449. The van der Waals surface area contributed by atoms with Gasteiger partial charge in [-0.25, -0.2) is 0 Å². The third-order valence-corrected chi connectivity index (χ3v) is 4.07. The van der Waals surface area contributed by atoms with E-state index in [1.54, 1.807) is 7.11 Å². The number of aliphatic carboxylic acids is 1. The summed E-state index contributed by atoms with van der Waals surface area (Å²) in [5.74, 6) is 0.744. The number of carboxylic acids is 1. The minimum Gasteiger partial charge on any atom is -0.497 e. The molecule has 1 aromatic carbocycles. The second-order valence-electron chi connectivity index (χ2n) is 5.87. The number of carboxylic acid groups (broad SMARTS) is 1. The smallest absolute Gasteiger partial charge is 0.320 e. The molecule has 1 atom stereocenters. The first kappa shape index (κ1) is 14.9. The topological polar surface area (TPSA) is 58.6 Å². The van der Waals surface area contributed by atoms with Crippen molar-refractivity contribution in [2.45, 2.75) is 44.7 Å². The second-order valence-corrected chi connectivity index (χ2v) is 5.87. The Morgan fingerprint density at radius 2 is 1.90 bits per heavy atom. The van der Waals surface area contributed by atoms with Crippen LogP contribution in [-0.2, 0) is 4.79 Å². The van der Waals surface area contributed by atoms with E-state index < -0.39 is 12.0 Å².